The van der Waals surface area contributed by atoms with Crippen molar-refractivity contribution < 1.29 is 14.4 Å². The summed E-state index contributed by atoms with van der Waals surface area (Å²) in [6, 6.07) is 5.36. The van der Waals surface area contributed by atoms with Crippen LogP contribution in [0, 0.1) is 18.8 Å². The van der Waals surface area contributed by atoms with Gasteiger partial charge in [0.15, 0.2) is 0 Å². The highest BCUT2D eigenvalue weighted by Gasteiger charge is 2.37. The van der Waals surface area contributed by atoms with Gasteiger partial charge in [-0.25, -0.2) is 4.79 Å². The van der Waals surface area contributed by atoms with Crippen molar-refractivity contribution in [3.63, 3.8) is 0 Å². The molecule has 1 aromatic heterocycles. The predicted molar refractivity (Wildman–Crippen MR) is 124 cm³/mol. The number of aromatic amines is 1. The van der Waals surface area contributed by atoms with E-state index < -0.39 is 11.2 Å². The van der Waals surface area contributed by atoms with Gasteiger partial charge in [-0.3, -0.25) is 28.7 Å². The summed E-state index contributed by atoms with van der Waals surface area (Å²) < 4.78 is 1.24. The first-order valence-electron chi connectivity index (χ1n) is 11.6. The first-order chi connectivity index (χ1) is 16.3. The molecule has 0 bridgehead atoms. The van der Waals surface area contributed by atoms with E-state index in [9.17, 15) is 24.0 Å². The Morgan fingerprint density at radius 3 is 2.44 bits per heavy atom. The third kappa shape index (κ3) is 4.15. The first-order valence-corrected chi connectivity index (χ1v) is 11.6. The van der Waals surface area contributed by atoms with E-state index in [0.717, 1.165) is 24.1 Å². The second-order valence-electron chi connectivity index (χ2n) is 9.48. The highest BCUT2D eigenvalue weighted by Crippen LogP contribution is 2.33. The number of rotatable bonds is 3. The maximum atomic E-state index is 13.1. The Hall–Kier alpha value is -3.69. The minimum Gasteiger partial charge on any atom is -0.341 e. The Labute approximate surface area is 195 Å². The molecule has 0 saturated carbocycles. The van der Waals surface area contributed by atoms with E-state index in [2.05, 4.69) is 10.3 Å². The van der Waals surface area contributed by atoms with Gasteiger partial charge in [-0.15, -0.1) is 0 Å². The van der Waals surface area contributed by atoms with Gasteiger partial charge in [0.2, 0.25) is 11.8 Å². The van der Waals surface area contributed by atoms with Gasteiger partial charge >= 0.3 is 5.69 Å². The molecule has 0 unspecified atom stereocenters. The summed E-state index contributed by atoms with van der Waals surface area (Å²) in [5.74, 6) is 0.385. The van der Waals surface area contributed by atoms with Gasteiger partial charge in [-0.1, -0.05) is 0 Å². The lowest BCUT2D eigenvalue weighted by Crippen LogP contribution is -2.38. The van der Waals surface area contributed by atoms with E-state index in [1.165, 1.54) is 10.8 Å². The van der Waals surface area contributed by atoms with Crippen LogP contribution >= 0.6 is 0 Å². The van der Waals surface area contributed by atoms with Gasteiger partial charge < -0.3 is 15.1 Å². The number of anilines is 1. The van der Waals surface area contributed by atoms with Crippen molar-refractivity contribution in [1.29, 1.82) is 0 Å². The van der Waals surface area contributed by atoms with Gasteiger partial charge in [0.1, 0.15) is 6.54 Å². The van der Waals surface area contributed by atoms with E-state index in [1.807, 2.05) is 11.0 Å². The Morgan fingerprint density at radius 1 is 1.03 bits per heavy atom. The summed E-state index contributed by atoms with van der Waals surface area (Å²) in [6.07, 6.45) is 3.34. The first kappa shape index (κ1) is 22.1. The summed E-state index contributed by atoms with van der Waals surface area (Å²) >= 11 is 0. The molecule has 3 aliphatic rings. The Kier molecular flexibility index (Phi) is 5.59. The highest BCUT2D eigenvalue weighted by atomic mass is 16.2. The van der Waals surface area contributed by atoms with E-state index in [1.54, 1.807) is 24.0 Å². The van der Waals surface area contributed by atoms with Crippen LogP contribution in [0.3, 0.4) is 0 Å². The smallest absolute Gasteiger partial charge is 0.328 e. The number of nitrogens with zero attached hydrogens (tertiary/aromatic N) is 3. The molecule has 10 nitrogen and oxygen atoms in total. The number of nitrogens with one attached hydrogen (secondary N) is 2. The normalized spacial score (nSPS) is 21.6. The van der Waals surface area contributed by atoms with Crippen molar-refractivity contribution in [2.24, 2.45) is 11.8 Å². The van der Waals surface area contributed by atoms with Crippen LogP contribution in [0.2, 0.25) is 0 Å². The molecule has 4 heterocycles. The van der Waals surface area contributed by atoms with Crippen molar-refractivity contribution in [1.82, 2.24) is 19.4 Å². The monoisotopic (exact) mass is 465 g/mol. The minimum atomic E-state index is -0.585. The Balaban J connectivity index is 1.20. The summed E-state index contributed by atoms with van der Waals surface area (Å²) in [5.41, 5.74) is 1.58. The fourth-order valence-corrected chi connectivity index (χ4v) is 5.28. The van der Waals surface area contributed by atoms with Crippen LogP contribution in [0.4, 0.5) is 5.69 Å². The van der Waals surface area contributed by atoms with Crippen LogP contribution in [-0.2, 0) is 22.6 Å². The summed E-state index contributed by atoms with van der Waals surface area (Å²) in [4.78, 5) is 67.0. The van der Waals surface area contributed by atoms with Crippen LogP contribution in [0.25, 0.3) is 0 Å². The molecule has 0 aliphatic carbocycles. The van der Waals surface area contributed by atoms with Crippen molar-refractivity contribution in [2.45, 2.75) is 32.7 Å². The molecule has 3 amide bonds. The number of amides is 3. The number of fused-ring (bicyclic) bond motifs is 2. The van der Waals surface area contributed by atoms with Crippen molar-refractivity contribution in [3.8, 4) is 0 Å². The molecule has 2 aromatic rings. The topological polar surface area (TPSA) is 125 Å². The number of aryl methyl sites for hydroxylation is 1. The average Bonchev–Trinajstić information content (AvgIpc) is 3.33. The molecule has 3 aliphatic heterocycles. The molecule has 10 heteroatoms. The molecule has 34 heavy (non-hydrogen) atoms. The zero-order valence-corrected chi connectivity index (χ0v) is 19.0. The zero-order chi connectivity index (χ0) is 24.0. The number of hydrogen-bond acceptors (Lipinski definition) is 5. The second kappa shape index (κ2) is 8.58. The largest absolute Gasteiger partial charge is 0.341 e. The molecular weight excluding hydrogens is 438 g/mol. The van der Waals surface area contributed by atoms with Crippen LogP contribution < -0.4 is 16.6 Å². The third-order valence-electron chi connectivity index (χ3n) is 7.23. The molecule has 2 saturated heterocycles. The molecule has 1 aromatic carbocycles. The zero-order valence-electron chi connectivity index (χ0n) is 19.0. The molecule has 0 radical (unpaired) electrons. The van der Waals surface area contributed by atoms with Crippen molar-refractivity contribution >= 4 is 23.4 Å². The fourth-order valence-electron chi connectivity index (χ4n) is 5.28. The summed E-state index contributed by atoms with van der Waals surface area (Å²) in [5, 5.41) is 2.79. The van der Waals surface area contributed by atoms with Gasteiger partial charge in [-0.05, 0) is 55.4 Å². The molecule has 178 valence electrons. The average molecular weight is 466 g/mol. The van der Waals surface area contributed by atoms with Crippen LogP contribution in [0.5, 0.6) is 0 Å². The van der Waals surface area contributed by atoms with Gasteiger partial charge in [0, 0.05) is 49.2 Å². The lowest BCUT2D eigenvalue weighted by atomic mass is 9.92. The molecule has 5 rings (SSSR count). The number of carbonyl (C=O) groups is 3. The lowest BCUT2D eigenvalue weighted by molar-refractivity contribution is -0.131. The maximum Gasteiger partial charge on any atom is 0.328 e. The fraction of sp³-hybridized carbons (Fsp3) is 0.458. The van der Waals surface area contributed by atoms with Crippen LogP contribution in [0.1, 0.15) is 34.3 Å². The SMILES string of the molecule is Cc1cn(CC(=O)N2C[C@H]3CCN(C(=O)c4ccc5c(c4)CC(=O)N5)CC[C@H]3C2)c(=O)[nH]c1=O. The van der Waals surface area contributed by atoms with Crippen LogP contribution in [-0.4, -0.2) is 63.3 Å². The van der Waals surface area contributed by atoms with Gasteiger partial charge in [0.05, 0.1) is 6.42 Å². The van der Waals surface area contributed by atoms with Crippen molar-refractivity contribution in [3.05, 3.63) is 61.9 Å². The number of carbonyl (C=O) groups excluding carboxylic acids is 3. The van der Waals surface area contributed by atoms with Crippen molar-refractivity contribution in [2.75, 3.05) is 31.5 Å². The third-order valence-corrected chi connectivity index (χ3v) is 7.23. The van der Waals surface area contributed by atoms with E-state index in [4.69, 9.17) is 0 Å². The summed E-state index contributed by atoms with van der Waals surface area (Å²) in [6.45, 7) is 3.95. The second-order valence-corrected chi connectivity index (χ2v) is 9.48. The molecule has 2 fully saturated rings. The summed E-state index contributed by atoms with van der Waals surface area (Å²) in [7, 11) is 0. The Bertz CT molecular complexity index is 1280. The standard InChI is InChI=1S/C24H27N5O5/c1-14-10-29(24(34)26-22(14)32)13-21(31)28-11-16-4-6-27(7-5-17(16)12-28)23(33)15-2-3-19-18(8-15)9-20(30)25-19/h2-3,8,10,16-17H,4-7,9,11-13H2,1H3,(H,25,30)(H,26,32,34)/t16-,17+. The minimum absolute atomic E-state index is 0.0251. The number of hydrogen-bond donors (Lipinski definition) is 2. The number of benzene rings is 1. The number of aromatic nitrogens is 2. The van der Waals surface area contributed by atoms with Crippen LogP contribution in [0.15, 0.2) is 34.0 Å². The Morgan fingerprint density at radius 2 is 1.74 bits per heavy atom. The highest BCUT2D eigenvalue weighted by molar-refractivity contribution is 6.01. The van der Waals surface area contributed by atoms with E-state index >= 15 is 0 Å². The molecular formula is C24H27N5O5. The van der Waals surface area contributed by atoms with Gasteiger partial charge in [-0.2, -0.15) is 0 Å². The predicted octanol–water partition coefficient (Wildman–Crippen LogP) is 0.350. The van der Waals surface area contributed by atoms with E-state index in [0.29, 0.717) is 55.6 Å². The van der Waals surface area contributed by atoms with Gasteiger partial charge in [0.25, 0.3) is 11.5 Å². The lowest BCUT2D eigenvalue weighted by Gasteiger charge is -2.23. The maximum absolute atomic E-state index is 13.1. The molecule has 2 atom stereocenters. The molecule has 0 spiro atoms. The molecule has 2 N–H and O–H groups in total. The number of H-pyrrole nitrogens is 1. The number of likely N-dealkylation sites (tertiary alicyclic amines) is 2. The van der Waals surface area contributed by atoms with E-state index in [-0.39, 0.29) is 24.3 Å². The quantitative estimate of drug-likeness (QED) is 0.677.